The van der Waals surface area contributed by atoms with Crippen LogP contribution in [0.25, 0.3) is 0 Å². The summed E-state index contributed by atoms with van der Waals surface area (Å²) in [4.78, 5) is 24.6. The fourth-order valence-corrected chi connectivity index (χ4v) is 7.85. The molecular formula is C28H46O2. The third kappa shape index (κ3) is 5.10. The number of carbonyl (C=O) groups excluding carboxylic acids is 2. The first-order chi connectivity index (χ1) is 14.3. The highest BCUT2D eigenvalue weighted by molar-refractivity contribution is 5.99. The molecule has 0 N–H and O–H groups in total. The molecule has 3 aliphatic carbocycles. The second-order valence-corrected chi connectivity index (χ2v) is 11.7. The second kappa shape index (κ2) is 10.1. The molecule has 3 fully saturated rings. The van der Waals surface area contributed by atoms with Crippen molar-refractivity contribution in [1.29, 1.82) is 0 Å². The van der Waals surface area contributed by atoms with Crippen molar-refractivity contribution in [1.82, 2.24) is 0 Å². The molecule has 2 heteroatoms. The summed E-state index contributed by atoms with van der Waals surface area (Å²) >= 11 is 0. The predicted molar refractivity (Wildman–Crippen MR) is 125 cm³/mol. The maximum atomic E-state index is 12.4. The molecule has 0 saturated heterocycles. The van der Waals surface area contributed by atoms with Crippen molar-refractivity contribution in [2.45, 2.75) is 105 Å². The summed E-state index contributed by atoms with van der Waals surface area (Å²) in [5, 5.41) is 0. The Morgan fingerprint density at radius 1 is 0.967 bits per heavy atom. The molecule has 2 nitrogen and oxygen atoms in total. The summed E-state index contributed by atoms with van der Waals surface area (Å²) in [7, 11) is 0. The fourth-order valence-electron chi connectivity index (χ4n) is 7.85. The normalized spacial score (nSPS) is 38.8. The number of carbonyl (C=O) groups is 2. The number of hydrogen-bond acceptors (Lipinski definition) is 2. The van der Waals surface area contributed by atoms with Crippen molar-refractivity contribution < 1.29 is 9.59 Å². The van der Waals surface area contributed by atoms with E-state index in [-0.39, 0.29) is 18.0 Å². The van der Waals surface area contributed by atoms with E-state index >= 15 is 0 Å². The van der Waals surface area contributed by atoms with Gasteiger partial charge in [0.1, 0.15) is 11.6 Å². The quantitative estimate of drug-likeness (QED) is 0.335. The Morgan fingerprint density at radius 2 is 1.67 bits per heavy atom. The van der Waals surface area contributed by atoms with Crippen LogP contribution >= 0.6 is 0 Å². The SMILES string of the molecule is C=C[C@H]1CCC(=O)CC(=O)CC[C@@H]2[C@@H]1CC[C@]1(C)[C@@H]([C@H](C)CCCC(C)C)CC[C@@H]21. The number of rotatable bonds is 6. The van der Waals surface area contributed by atoms with Gasteiger partial charge < -0.3 is 0 Å². The van der Waals surface area contributed by atoms with Gasteiger partial charge >= 0.3 is 0 Å². The molecule has 170 valence electrons. The predicted octanol–water partition coefficient (Wildman–Crippen LogP) is 7.41. The number of allylic oxidation sites excluding steroid dienone is 1. The number of fused-ring (bicyclic) bond motifs is 3. The maximum Gasteiger partial charge on any atom is 0.140 e. The first-order valence-electron chi connectivity index (χ1n) is 12.9. The summed E-state index contributed by atoms with van der Waals surface area (Å²) in [6.45, 7) is 13.9. The van der Waals surface area contributed by atoms with Gasteiger partial charge in [-0.15, -0.1) is 6.58 Å². The van der Waals surface area contributed by atoms with Gasteiger partial charge in [-0.05, 0) is 85.4 Å². The first-order valence-corrected chi connectivity index (χ1v) is 12.9. The second-order valence-electron chi connectivity index (χ2n) is 11.7. The number of hydrogen-bond donors (Lipinski definition) is 0. The largest absolute Gasteiger partial charge is 0.299 e. The van der Waals surface area contributed by atoms with Crippen molar-refractivity contribution in [2.24, 2.45) is 46.8 Å². The summed E-state index contributed by atoms with van der Waals surface area (Å²) in [5.41, 5.74) is 0.438. The van der Waals surface area contributed by atoms with Crippen molar-refractivity contribution in [2.75, 3.05) is 0 Å². The van der Waals surface area contributed by atoms with Crippen LogP contribution in [-0.2, 0) is 9.59 Å². The average Bonchev–Trinajstić information content (AvgIpc) is 3.04. The van der Waals surface area contributed by atoms with Crippen LogP contribution in [0.1, 0.15) is 105 Å². The van der Waals surface area contributed by atoms with E-state index in [4.69, 9.17) is 0 Å². The van der Waals surface area contributed by atoms with Crippen molar-refractivity contribution in [3.8, 4) is 0 Å². The Balaban J connectivity index is 1.76. The lowest BCUT2D eigenvalue weighted by molar-refractivity contribution is -0.128. The van der Waals surface area contributed by atoms with Crippen molar-refractivity contribution in [3.63, 3.8) is 0 Å². The molecule has 7 atom stereocenters. The molecule has 0 amide bonds. The molecule has 3 saturated carbocycles. The highest BCUT2D eigenvalue weighted by Crippen LogP contribution is 2.63. The summed E-state index contributed by atoms with van der Waals surface area (Å²) in [5.74, 6) is 5.23. The molecule has 0 aromatic carbocycles. The number of Topliss-reactive ketones (excluding diaryl/α,β-unsaturated/α-hetero) is 2. The van der Waals surface area contributed by atoms with Crippen LogP contribution in [0.15, 0.2) is 12.7 Å². The minimum atomic E-state index is 0.141. The van der Waals surface area contributed by atoms with Gasteiger partial charge in [0, 0.05) is 12.8 Å². The van der Waals surface area contributed by atoms with Crippen molar-refractivity contribution >= 4 is 11.6 Å². The van der Waals surface area contributed by atoms with Gasteiger partial charge in [-0.2, -0.15) is 0 Å². The molecule has 30 heavy (non-hydrogen) atoms. The van der Waals surface area contributed by atoms with Gasteiger partial charge in [0.2, 0.25) is 0 Å². The molecule has 0 spiro atoms. The Kier molecular flexibility index (Phi) is 8.02. The van der Waals surface area contributed by atoms with E-state index in [0.29, 0.717) is 36.0 Å². The van der Waals surface area contributed by atoms with Gasteiger partial charge in [-0.1, -0.05) is 53.0 Å². The Hall–Kier alpha value is -0.920. The van der Waals surface area contributed by atoms with E-state index in [1.54, 1.807) is 0 Å². The standard InChI is InChI=1S/C28H46O2/c1-6-21-10-11-22(29)18-23(30)12-13-25-24(21)16-17-28(5)26(14-15-27(25)28)20(4)9-7-8-19(2)3/h6,19-21,24-27H,1,7-18H2,2-5H3/t20-,21+,24-,25-,26-,27+,28-/m1/s1. The van der Waals surface area contributed by atoms with Crippen LogP contribution in [0.3, 0.4) is 0 Å². The summed E-state index contributed by atoms with van der Waals surface area (Å²) < 4.78 is 0. The van der Waals surface area contributed by atoms with Crippen LogP contribution in [0.2, 0.25) is 0 Å². The Morgan fingerprint density at radius 3 is 2.33 bits per heavy atom. The van der Waals surface area contributed by atoms with Crippen LogP contribution in [-0.4, -0.2) is 11.6 Å². The molecule has 0 unspecified atom stereocenters. The van der Waals surface area contributed by atoms with E-state index < -0.39 is 0 Å². The molecule has 0 radical (unpaired) electrons. The average molecular weight is 415 g/mol. The Bertz CT molecular complexity index is 620. The van der Waals surface area contributed by atoms with Gasteiger partial charge in [-0.25, -0.2) is 0 Å². The zero-order valence-electron chi connectivity index (χ0n) is 20.1. The van der Waals surface area contributed by atoms with E-state index in [1.165, 1.54) is 44.9 Å². The molecular weight excluding hydrogens is 368 g/mol. The Labute approximate surface area is 185 Å². The van der Waals surface area contributed by atoms with Crippen molar-refractivity contribution in [3.05, 3.63) is 12.7 Å². The molecule has 0 bridgehead atoms. The van der Waals surface area contributed by atoms with Gasteiger partial charge in [-0.3, -0.25) is 9.59 Å². The molecule has 0 aromatic heterocycles. The third-order valence-corrected chi connectivity index (χ3v) is 9.45. The first kappa shape index (κ1) is 23.7. The molecule has 0 aromatic rings. The lowest BCUT2D eigenvalue weighted by atomic mass is 9.53. The van der Waals surface area contributed by atoms with E-state index in [1.807, 2.05) is 0 Å². The van der Waals surface area contributed by atoms with Crippen LogP contribution in [0.5, 0.6) is 0 Å². The lowest BCUT2D eigenvalue weighted by Crippen LogP contribution is -2.45. The molecule has 3 aliphatic rings. The van der Waals surface area contributed by atoms with Crippen LogP contribution in [0.4, 0.5) is 0 Å². The zero-order valence-corrected chi connectivity index (χ0v) is 20.1. The third-order valence-electron chi connectivity index (χ3n) is 9.45. The minimum Gasteiger partial charge on any atom is -0.299 e. The topological polar surface area (TPSA) is 34.1 Å². The van der Waals surface area contributed by atoms with E-state index in [0.717, 1.165) is 36.5 Å². The van der Waals surface area contributed by atoms with Gasteiger partial charge in [0.05, 0.1) is 6.42 Å². The summed E-state index contributed by atoms with van der Waals surface area (Å²) in [6.07, 6.45) is 14.7. The fraction of sp³-hybridized carbons (Fsp3) is 0.857. The highest BCUT2D eigenvalue weighted by atomic mass is 16.1. The number of ketones is 2. The molecule has 3 rings (SSSR count). The van der Waals surface area contributed by atoms with E-state index in [9.17, 15) is 9.59 Å². The highest BCUT2D eigenvalue weighted by Gasteiger charge is 2.55. The monoisotopic (exact) mass is 414 g/mol. The van der Waals surface area contributed by atoms with Gasteiger partial charge in [0.25, 0.3) is 0 Å². The van der Waals surface area contributed by atoms with Crippen LogP contribution in [0, 0.1) is 46.8 Å². The maximum absolute atomic E-state index is 12.4. The summed E-state index contributed by atoms with van der Waals surface area (Å²) in [6, 6.07) is 0. The smallest absolute Gasteiger partial charge is 0.140 e. The lowest BCUT2D eigenvalue weighted by Gasteiger charge is -2.52. The minimum absolute atomic E-state index is 0.141. The molecule has 0 heterocycles. The van der Waals surface area contributed by atoms with E-state index in [2.05, 4.69) is 40.3 Å². The van der Waals surface area contributed by atoms with Crippen LogP contribution < -0.4 is 0 Å². The molecule has 0 aliphatic heterocycles. The van der Waals surface area contributed by atoms with Gasteiger partial charge in [0.15, 0.2) is 0 Å². The zero-order chi connectivity index (χ0) is 21.9.